The average molecular weight is 419 g/mol. The Morgan fingerprint density at radius 1 is 1.03 bits per heavy atom. The monoisotopic (exact) mass is 419 g/mol. The molecule has 1 fully saturated rings. The van der Waals surface area contributed by atoms with Gasteiger partial charge in [-0.25, -0.2) is 8.78 Å². The summed E-state index contributed by atoms with van der Waals surface area (Å²) in [5, 5.41) is 9.58. The molecule has 0 atom stereocenters. The Labute approximate surface area is 178 Å². The maximum atomic E-state index is 13.4. The Kier molecular flexibility index (Phi) is 4.51. The fourth-order valence-corrected chi connectivity index (χ4v) is 4.61. The van der Waals surface area contributed by atoms with Gasteiger partial charge in [0, 0.05) is 37.1 Å². The fourth-order valence-electron chi connectivity index (χ4n) is 4.61. The van der Waals surface area contributed by atoms with Crippen molar-refractivity contribution in [1.29, 1.82) is 5.26 Å². The lowest BCUT2D eigenvalue weighted by Gasteiger charge is -2.45. The molecule has 0 aliphatic carbocycles. The minimum atomic E-state index is -2.71. The van der Waals surface area contributed by atoms with Gasteiger partial charge in [-0.05, 0) is 30.3 Å². The van der Waals surface area contributed by atoms with E-state index >= 15 is 0 Å². The highest BCUT2D eigenvalue weighted by molar-refractivity contribution is 5.95. The van der Waals surface area contributed by atoms with Crippen molar-refractivity contribution >= 4 is 5.91 Å². The minimum Gasteiger partial charge on any atom is -0.479 e. The van der Waals surface area contributed by atoms with Crippen LogP contribution in [0.2, 0.25) is 0 Å². The van der Waals surface area contributed by atoms with E-state index in [9.17, 15) is 18.8 Å². The van der Waals surface area contributed by atoms with Crippen molar-refractivity contribution in [3.05, 3.63) is 83.2 Å². The van der Waals surface area contributed by atoms with Crippen LogP contribution < -0.4 is 4.74 Å². The normalized spacial score (nSPS) is 16.4. The molecule has 1 saturated heterocycles. The van der Waals surface area contributed by atoms with Crippen LogP contribution >= 0.6 is 0 Å². The van der Waals surface area contributed by atoms with E-state index in [1.54, 1.807) is 17.0 Å². The van der Waals surface area contributed by atoms with Crippen LogP contribution in [-0.4, -0.2) is 28.5 Å². The number of para-hydroxylation sites is 2. The smallest absolute Gasteiger partial charge is 0.264 e. The maximum Gasteiger partial charge on any atom is 0.264 e. The first kappa shape index (κ1) is 19.3. The topological polar surface area (TPSA) is 58.3 Å². The zero-order chi connectivity index (χ0) is 21.6. The highest BCUT2D eigenvalue weighted by Crippen LogP contribution is 2.46. The molecule has 7 heteroatoms. The van der Waals surface area contributed by atoms with Crippen molar-refractivity contribution in [2.24, 2.45) is 0 Å². The molecule has 3 heterocycles. The standard InChI is InChI=1S/C24H19F2N3O2/c25-22(26)17-5-1-2-6-18(17)23(30)28-13-11-24(12-14-28)21-10-9-16(15-27)29(21)19-7-3-4-8-20(19)31-24/h1-10,22H,11-14H2. The number of nitriles is 1. The second kappa shape index (κ2) is 7.24. The number of fused-ring (bicyclic) bond motifs is 4. The highest BCUT2D eigenvalue weighted by Gasteiger charge is 2.45. The fraction of sp³-hybridized carbons (Fsp3) is 0.250. The number of nitrogens with zero attached hydrogens (tertiary/aromatic N) is 3. The number of hydrogen-bond acceptors (Lipinski definition) is 3. The molecule has 156 valence electrons. The van der Waals surface area contributed by atoms with Gasteiger partial charge in [-0.2, -0.15) is 5.26 Å². The van der Waals surface area contributed by atoms with Crippen LogP contribution in [-0.2, 0) is 5.60 Å². The van der Waals surface area contributed by atoms with E-state index in [-0.39, 0.29) is 11.1 Å². The molecular weight excluding hydrogens is 400 g/mol. The van der Waals surface area contributed by atoms with Gasteiger partial charge in [0.1, 0.15) is 17.5 Å². The number of rotatable bonds is 2. The number of alkyl halides is 2. The number of likely N-dealkylation sites (tertiary alicyclic amines) is 1. The molecule has 0 unspecified atom stereocenters. The molecule has 0 saturated carbocycles. The summed E-state index contributed by atoms with van der Waals surface area (Å²) in [6.07, 6.45) is -1.71. The van der Waals surface area contributed by atoms with Gasteiger partial charge < -0.3 is 9.64 Å². The first-order chi connectivity index (χ1) is 15.0. The molecule has 5 nitrogen and oxygen atoms in total. The van der Waals surface area contributed by atoms with Crippen LogP contribution in [0.15, 0.2) is 60.7 Å². The van der Waals surface area contributed by atoms with Crippen LogP contribution in [0.5, 0.6) is 5.75 Å². The Morgan fingerprint density at radius 3 is 2.48 bits per heavy atom. The first-order valence-corrected chi connectivity index (χ1v) is 10.1. The lowest BCUT2D eigenvalue weighted by molar-refractivity contribution is -0.00953. The summed E-state index contributed by atoms with van der Waals surface area (Å²) in [7, 11) is 0. The minimum absolute atomic E-state index is 0.0403. The molecule has 3 aromatic rings. The number of carbonyl (C=O) groups is 1. The van der Waals surface area contributed by atoms with E-state index in [0.29, 0.717) is 37.4 Å². The average Bonchev–Trinajstić information content (AvgIpc) is 3.25. The van der Waals surface area contributed by atoms with E-state index in [0.717, 1.165) is 11.4 Å². The van der Waals surface area contributed by atoms with Crippen molar-refractivity contribution < 1.29 is 18.3 Å². The predicted molar refractivity (Wildman–Crippen MR) is 109 cm³/mol. The number of piperidine rings is 1. The number of aromatic nitrogens is 1. The van der Waals surface area contributed by atoms with E-state index < -0.39 is 17.9 Å². The van der Waals surface area contributed by atoms with Crippen molar-refractivity contribution in [2.75, 3.05) is 13.1 Å². The summed E-state index contributed by atoms with van der Waals surface area (Å²) in [6, 6.07) is 19.3. The number of halogens is 2. The summed E-state index contributed by atoms with van der Waals surface area (Å²) in [5.74, 6) is 0.292. The first-order valence-electron chi connectivity index (χ1n) is 10.1. The molecule has 0 bridgehead atoms. The van der Waals surface area contributed by atoms with Crippen LogP contribution in [0, 0.1) is 11.3 Å². The van der Waals surface area contributed by atoms with E-state index in [4.69, 9.17) is 4.74 Å². The van der Waals surface area contributed by atoms with Gasteiger partial charge in [-0.1, -0.05) is 30.3 Å². The second-order valence-electron chi connectivity index (χ2n) is 7.80. The van der Waals surface area contributed by atoms with Crippen molar-refractivity contribution in [1.82, 2.24) is 9.47 Å². The molecule has 2 aromatic carbocycles. The van der Waals surface area contributed by atoms with Crippen molar-refractivity contribution in [2.45, 2.75) is 24.9 Å². The SMILES string of the molecule is N#Cc1ccc2n1-c1ccccc1OC21CCN(C(=O)c2ccccc2C(F)F)CC1. The molecular formula is C24H19F2N3O2. The van der Waals surface area contributed by atoms with E-state index in [1.807, 2.05) is 34.9 Å². The third kappa shape index (κ3) is 2.98. The number of benzene rings is 2. The third-order valence-corrected chi connectivity index (χ3v) is 6.16. The largest absolute Gasteiger partial charge is 0.479 e. The van der Waals surface area contributed by atoms with Crippen LogP contribution in [0.1, 0.15) is 46.6 Å². The Hall–Kier alpha value is -3.66. The van der Waals surface area contributed by atoms with Gasteiger partial charge in [0.05, 0.1) is 11.4 Å². The number of amides is 1. The zero-order valence-electron chi connectivity index (χ0n) is 16.6. The van der Waals surface area contributed by atoms with Gasteiger partial charge in [0.25, 0.3) is 12.3 Å². The van der Waals surface area contributed by atoms with Crippen LogP contribution in [0.25, 0.3) is 5.69 Å². The molecule has 1 amide bonds. The van der Waals surface area contributed by atoms with Gasteiger partial charge >= 0.3 is 0 Å². The number of hydrogen-bond donors (Lipinski definition) is 0. The summed E-state index contributed by atoms with van der Waals surface area (Å²) in [5.41, 5.74) is 1.33. The van der Waals surface area contributed by atoms with Gasteiger partial charge in [-0.3, -0.25) is 9.36 Å². The molecule has 0 N–H and O–H groups in total. The summed E-state index contributed by atoms with van der Waals surface area (Å²) < 4.78 is 35.1. The molecule has 2 aliphatic rings. The van der Waals surface area contributed by atoms with Gasteiger partial charge in [0.2, 0.25) is 0 Å². The quantitative estimate of drug-likeness (QED) is 0.599. The van der Waals surface area contributed by atoms with Crippen molar-refractivity contribution in [3.63, 3.8) is 0 Å². The number of carbonyl (C=O) groups excluding carboxylic acids is 1. The summed E-state index contributed by atoms with van der Waals surface area (Å²) in [4.78, 5) is 14.6. The van der Waals surface area contributed by atoms with Crippen molar-refractivity contribution in [3.8, 4) is 17.5 Å². The van der Waals surface area contributed by atoms with Crippen LogP contribution in [0.4, 0.5) is 8.78 Å². The molecule has 31 heavy (non-hydrogen) atoms. The van der Waals surface area contributed by atoms with E-state index in [2.05, 4.69) is 6.07 Å². The summed E-state index contributed by atoms with van der Waals surface area (Å²) in [6.45, 7) is 0.733. The molecule has 1 aromatic heterocycles. The Morgan fingerprint density at radius 2 is 1.74 bits per heavy atom. The Balaban J connectivity index is 1.45. The molecule has 2 aliphatic heterocycles. The lowest BCUT2D eigenvalue weighted by atomic mass is 9.86. The predicted octanol–water partition coefficient (Wildman–Crippen LogP) is 4.81. The lowest BCUT2D eigenvalue weighted by Crippen LogP contribution is -2.50. The van der Waals surface area contributed by atoms with E-state index in [1.165, 1.54) is 18.2 Å². The maximum absolute atomic E-state index is 13.4. The summed E-state index contributed by atoms with van der Waals surface area (Å²) >= 11 is 0. The highest BCUT2D eigenvalue weighted by atomic mass is 19.3. The Bertz CT molecular complexity index is 1200. The van der Waals surface area contributed by atoms with Gasteiger partial charge in [0.15, 0.2) is 5.60 Å². The molecule has 1 spiro atoms. The molecule has 5 rings (SSSR count). The second-order valence-corrected chi connectivity index (χ2v) is 7.80. The van der Waals surface area contributed by atoms with Gasteiger partial charge in [-0.15, -0.1) is 0 Å². The zero-order valence-corrected chi connectivity index (χ0v) is 16.6. The van der Waals surface area contributed by atoms with Crippen LogP contribution in [0.3, 0.4) is 0 Å². The third-order valence-electron chi connectivity index (χ3n) is 6.16. The molecule has 0 radical (unpaired) electrons. The number of ether oxygens (including phenoxy) is 1.